The number of carbonyl (C=O) groups excluding carboxylic acids is 4. The molecule has 1 aromatic carbocycles. The maximum Gasteiger partial charge on any atom is 0.264 e. The number of aliphatic hydroxyl groups is 1. The quantitative estimate of drug-likeness (QED) is 0.299. The summed E-state index contributed by atoms with van der Waals surface area (Å²) < 4.78 is 11.8. The van der Waals surface area contributed by atoms with E-state index in [1.165, 1.54) is 0 Å². The van der Waals surface area contributed by atoms with Gasteiger partial charge in [-0.05, 0) is 59.1 Å². The standard InChI is InChI=1S/C25H35N3O7/c1-24(2,10-13-29)34-14-11-25(3,4)35-15-12-26-17-7-5-6-16-20(17)23(33)28(22(16)32)18-8-9-19(30)27-21(18)31/h5-7,18,26,29H,8-15H2,1-4H3,(H,27,30,31). The molecule has 0 spiro atoms. The van der Waals surface area contributed by atoms with Crippen LogP contribution in [0.4, 0.5) is 5.69 Å². The summed E-state index contributed by atoms with van der Waals surface area (Å²) >= 11 is 0. The summed E-state index contributed by atoms with van der Waals surface area (Å²) in [5, 5.41) is 14.5. The van der Waals surface area contributed by atoms with Crippen molar-refractivity contribution in [3.8, 4) is 0 Å². The van der Waals surface area contributed by atoms with Gasteiger partial charge in [-0.1, -0.05) is 6.07 Å². The minimum absolute atomic E-state index is 0.0706. The average molecular weight is 490 g/mol. The molecule has 4 amide bonds. The van der Waals surface area contributed by atoms with Crippen molar-refractivity contribution in [2.24, 2.45) is 0 Å². The number of hydrogen-bond acceptors (Lipinski definition) is 8. The summed E-state index contributed by atoms with van der Waals surface area (Å²) in [6, 6.07) is 3.95. The van der Waals surface area contributed by atoms with Crippen molar-refractivity contribution >= 4 is 29.3 Å². The molecule has 35 heavy (non-hydrogen) atoms. The highest BCUT2D eigenvalue weighted by molar-refractivity contribution is 6.25. The Morgan fingerprint density at radius 1 is 1.03 bits per heavy atom. The van der Waals surface area contributed by atoms with Crippen LogP contribution in [0.3, 0.4) is 0 Å². The van der Waals surface area contributed by atoms with Crippen molar-refractivity contribution in [1.82, 2.24) is 10.2 Å². The van der Waals surface area contributed by atoms with E-state index in [0.717, 1.165) is 4.90 Å². The Kier molecular flexibility index (Phi) is 8.30. The second-order valence-electron chi connectivity index (χ2n) is 10.0. The van der Waals surface area contributed by atoms with E-state index in [-0.39, 0.29) is 30.6 Å². The first kappa shape index (κ1) is 26.8. The van der Waals surface area contributed by atoms with Crippen LogP contribution >= 0.6 is 0 Å². The van der Waals surface area contributed by atoms with Crippen molar-refractivity contribution in [3.63, 3.8) is 0 Å². The summed E-state index contributed by atoms with van der Waals surface area (Å²) in [5.74, 6) is -2.13. The van der Waals surface area contributed by atoms with E-state index in [2.05, 4.69) is 10.6 Å². The molecular weight excluding hydrogens is 454 g/mol. The number of nitrogens with one attached hydrogen (secondary N) is 2. The number of piperidine rings is 1. The molecule has 1 fully saturated rings. The van der Waals surface area contributed by atoms with Gasteiger partial charge < -0.3 is 19.9 Å². The summed E-state index contributed by atoms with van der Waals surface area (Å²) in [7, 11) is 0. The van der Waals surface area contributed by atoms with Gasteiger partial charge >= 0.3 is 0 Å². The van der Waals surface area contributed by atoms with Crippen LogP contribution in [-0.4, -0.2) is 77.2 Å². The van der Waals surface area contributed by atoms with Gasteiger partial charge in [0.25, 0.3) is 11.8 Å². The normalized spacial score (nSPS) is 18.7. The summed E-state index contributed by atoms with van der Waals surface area (Å²) in [6.07, 6.45) is 1.41. The number of fused-ring (bicyclic) bond motifs is 1. The van der Waals surface area contributed by atoms with Gasteiger partial charge in [-0.3, -0.25) is 29.4 Å². The van der Waals surface area contributed by atoms with Crippen LogP contribution in [0.2, 0.25) is 0 Å². The fourth-order valence-corrected chi connectivity index (χ4v) is 4.16. The SMILES string of the molecule is CC(C)(CCO)OCCC(C)(C)OCCNc1cccc2c1C(=O)N(C1CCC(=O)NC1=O)C2=O. The van der Waals surface area contributed by atoms with Crippen LogP contribution in [0, 0.1) is 0 Å². The minimum atomic E-state index is -0.998. The van der Waals surface area contributed by atoms with Crippen molar-refractivity contribution < 1.29 is 33.8 Å². The maximum atomic E-state index is 13.1. The molecule has 3 N–H and O–H groups in total. The van der Waals surface area contributed by atoms with Crippen molar-refractivity contribution in [2.45, 2.75) is 70.6 Å². The number of rotatable bonds is 12. The lowest BCUT2D eigenvalue weighted by molar-refractivity contribution is -0.136. The minimum Gasteiger partial charge on any atom is -0.396 e. The van der Waals surface area contributed by atoms with Gasteiger partial charge in [-0.15, -0.1) is 0 Å². The predicted octanol–water partition coefficient (Wildman–Crippen LogP) is 1.86. The second kappa shape index (κ2) is 10.8. The molecule has 2 heterocycles. The highest BCUT2D eigenvalue weighted by Gasteiger charge is 2.45. The third-order valence-electron chi connectivity index (χ3n) is 6.29. The number of imide groups is 2. The Morgan fingerprint density at radius 3 is 2.40 bits per heavy atom. The number of hydrogen-bond donors (Lipinski definition) is 3. The molecule has 0 bridgehead atoms. The molecule has 0 radical (unpaired) electrons. The van der Waals surface area contributed by atoms with Crippen molar-refractivity contribution in [1.29, 1.82) is 0 Å². The van der Waals surface area contributed by atoms with E-state index < -0.39 is 40.9 Å². The van der Waals surface area contributed by atoms with E-state index in [1.54, 1.807) is 18.2 Å². The Labute approximate surface area is 205 Å². The number of nitrogens with zero attached hydrogens (tertiary/aromatic N) is 1. The van der Waals surface area contributed by atoms with E-state index in [0.29, 0.717) is 38.3 Å². The van der Waals surface area contributed by atoms with Crippen LogP contribution in [0.15, 0.2) is 18.2 Å². The molecule has 2 aliphatic heterocycles. The first-order valence-corrected chi connectivity index (χ1v) is 11.9. The Morgan fingerprint density at radius 2 is 1.71 bits per heavy atom. The highest BCUT2D eigenvalue weighted by atomic mass is 16.5. The molecule has 1 unspecified atom stereocenters. The maximum absolute atomic E-state index is 13.1. The summed E-state index contributed by atoms with van der Waals surface area (Å²) in [6.45, 7) is 9.13. The average Bonchev–Trinajstić information content (AvgIpc) is 3.02. The van der Waals surface area contributed by atoms with Gasteiger partial charge in [0.05, 0.1) is 35.5 Å². The first-order chi connectivity index (χ1) is 16.5. The second-order valence-corrected chi connectivity index (χ2v) is 10.0. The molecule has 10 heteroatoms. The van der Waals surface area contributed by atoms with E-state index in [9.17, 15) is 19.2 Å². The number of carbonyl (C=O) groups is 4. The zero-order valence-electron chi connectivity index (χ0n) is 20.8. The lowest BCUT2D eigenvalue weighted by Crippen LogP contribution is -2.54. The molecule has 0 aromatic heterocycles. The monoisotopic (exact) mass is 489 g/mol. The van der Waals surface area contributed by atoms with Gasteiger partial charge in [0.15, 0.2) is 0 Å². The molecule has 0 saturated carbocycles. The topological polar surface area (TPSA) is 134 Å². The van der Waals surface area contributed by atoms with Crippen LogP contribution < -0.4 is 10.6 Å². The zero-order valence-corrected chi connectivity index (χ0v) is 20.8. The van der Waals surface area contributed by atoms with E-state index in [4.69, 9.17) is 14.6 Å². The smallest absolute Gasteiger partial charge is 0.264 e. The van der Waals surface area contributed by atoms with Gasteiger partial charge in [0.1, 0.15) is 6.04 Å². The number of ether oxygens (including phenoxy) is 2. The van der Waals surface area contributed by atoms with Gasteiger partial charge in [-0.25, -0.2) is 0 Å². The molecule has 0 aliphatic carbocycles. The third kappa shape index (κ3) is 6.45. The largest absolute Gasteiger partial charge is 0.396 e. The van der Waals surface area contributed by atoms with Crippen LogP contribution in [0.1, 0.15) is 74.1 Å². The molecule has 1 saturated heterocycles. The summed E-state index contributed by atoms with van der Waals surface area (Å²) in [5.41, 5.74) is 0.108. The Balaban J connectivity index is 1.56. The lowest BCUT2D eigenvalue weighted by Gasteiger charge is -2.29. The first-order valence-electron chi connectivity index (χ1n) is 11.9. The highest BCUT2D eigenvalue weighted by Crippen LogP contribution is 2.32. The van der Waals surface area contributed by atoms with Crippen molar-refractivity contribution in [2.75, 3.05) is 31.7 Å². The van der Waals surface area contributed by atoms with Gasteiger partial charge in [-0.2, -0.15) is 0 Å². The number of aliphatic hydroxyl groups excluding tert-OH is 1. The van der Waals surface area contributed by atoms with E-state index in [1.807, 2.05) is 27.7 Å². The van der Waals surface area contributed by atoms with Crippen LogP contribution in [0.5, 0.6) is 0 Å². The van der Waals surface area contributed by atoms with Crippen LogP contribution in [-0.2, 0) is 19.1 Å². The molecular formula is C25H35N3O7. The molecule has 3 rings (SSSR count). The summed E-state index contributed by atoms with van der Waals surface area (Å²) in [4.78, 5) is 50.7. The zero-order chi connectivity index (χ0) is 25.8. The van der Waals surface area contributed by atoms with Gasteiger partial charge in [0.2, 0.25) is 11.8 Å². The van der Waals surface area contributed by atoms with Gasteiger partial charge in [0, 0.05) is 25.3 Å². The molecule has 1 atom stereocenters. The number of benzene rings is 1. The van der Waals surface area contributed by atoms with E-state index >= 15 is 0 Å². The molecule has 1 aromatic rings. The van der Waals surface area contributed by atoms with Crippen LogP contribution in [0.25, 0.3) is 0 Å². The predicted molar refractivity (Wildman–Crippen MR) is 128 cm³/mol. The fraction of sp³-hybridized carbons (Fsp3) is 0.600. The van der Waals surface area contributed by atoms with Crippen molar-refractivity contribution in [3.05, 3.63) is 29.3 Å². The Hall–Kier alpha value is -2.82. The number of anilines is 1. The fourth-order valence-electron chi connectivity index (χ4n) is 4.16. The molecule has 2 aliphatic rings. The number of amides is 4. The lowest BCUT2D eigenvalue weighted by atomic mass is 10.0. The Bertz CT molecular complexity index is 989. The molecule has 192 valence electrons. The molecule has 10 nitrogen and oxygen atoms in total. The third-order valence-corrected chi connectivity index (χ3v) is 6.29.